The lowest BCUT2D eigenvalue weighted by Gasteiger charge is -2.22. The second-order valence-corrected chi connectivity index (χ2v) is 5.58. The van der Waals surface area contributed by atoms with E-state index >= 15 is 0 Å². The molecule has 0 bridgehead atoms. The topological polar surface area (TPSA) is 62.5 Å². The maximum absolute atomic E-state index is 12.4. The highest BCUT2D eigenvalue weighted by molar-refractivity contribution is 5.93. The zero-order valence-electron chi connectivity index (χ0n) is 12.7. The van der Waals surface area contributed by atoms with E-state index in [-0.39, 0.29) is 5.91 Å². The first-order valence-corrected chi connectivity index (χ1v) is 7.93. The molecule has 5 nitrogen and oxygen atoms in total. The Morgan fingerprint density at radius 2 is 2.10 bits per heavy atom. The predicted octanol–water partition coefficient (Wildman–Crippen LogP) is 1.36. The van der Waals surface area contributed by atoms with E-state index in [0.717, 1.165) is 52.1 Å². The van der Waals surface area contributed by atoms with Crippen LogP contribution >= 0.6 is 0 Å². The van der Waals surface area contributed by atoms with E-state index in [1.54, 1.807) is 12.4 Å². The van der Waals surface area contributed by atoms with Crippen molar-refractivity contribution in [2.24, 2.45) is 5.73 Å². The van der Waals surface area contributed by atoms with Gasteiger partial charge in [0.2, 0.25) is 0 Å². The highest BCUT2D eigenvalue weighted by Gasteiger charge is 2.19. The number of carbonyl (C=O) groups is 1. The molecule has 1 fully saturated rings. The predicted molar refractivity (Wildman–Crippen MR) is 84.1 cm³/mol. The van der Waals surface area contributed by atoms with Gasteiger partial charge in [0.05, 0.1) is 5.56 Å². The van der Waals surface area contributed by atoms with Gasteiger partial charge in [-0.15, -0.1) is 0 Å². The van der Waals surface area contributed by atoms with Crippen LogP contribution < -0.4 is 5.73 Å². The van der Waals surface area contributed by atoms with Crippen molar-refractivity contribution in [1.29, 1.82) is 0 Å². The van der Waals surface area contributed by atoms with E-state index in [2.05, 4.69) is 9.88 Å². The molecule has 2 heterocycles. The van der Waals surface area contributed by atoms with Crippen LogP contribution in [0.5, 0.6) is 0 Å². The molecule has 0 radical (unpaired) electrons. The number of unbranched alkanes of at least 4 members (excludes halogenated alkanes) is 2. The summed E-state index contributed by atoms with van der Waals surface area (Å²) in [6.45, 7) is 5.61. The van der Waals surface area contributed by atoms with Crippen LogP contribution in [0.15, 0.2) is 24.5 Å². The third-order valence-electron chi connectivity index (χ3n) is 3.96. The summed E-state index contributed by atoms with van der Waals surface area (Å²) in [5, 5.41) is 0. The number of aromatic nitrogens is 1. The van der Waals surface area contributed by atoms with Crippen molar-refractivity contribution >= 4 is 5.91 Å². The molecule has 2 rings (SSSR count). The van der Waals surface area contributed by atoms with Crippen LogP contribution in [-0.4, -0.2) is 60.0 Å². The van der Waals surface area contributed by atoms with Crippen molar-refractivity contribution in [1.82, 2.24) is 14.8 Å². The van der Waals surface area contributed by atoms with Gasteiger partial charge in [-0.2, -0.15) is 0 Å². The monoisotopic (exact) mass is 290 g/mol. The lowest BCUT2D eigenvalue weighted by Crippen LogP contribution is -2.35. The second kappa shape index (κ2) is 8.74. The highest BCUT2D eigenvalue weighted by Crippen LogP contribution is 2.09. The molecule has 2 N–H and O–H groups in total. The van der Waals surface area contributed by atoms with Gasteiger partial charge in [-0.3, -0.25) is 9.78 Å². The Bertz CT molecular complexity index is 424. The van der Waals surface area contributed by atoms with Crippen molar-refractivity contribution in [3.8, 4) is 0 Å². The largest absolute Gasteiger partial charge is 0.337 e. The summed E-state index contributed by atoms with van der Waals surface area (Å²) < 4.78 is 0. The fraction of sp³-hybridized carbons (Fsp3) is 0.625. The van der Waals surface area contributed by atoms with Crippen LogP contribution in [0.2, 0.25) is 0 Å². The van der Waals surface area contributed by atoms with E-state index in [1.807, 2.05) is 17.0 Å². The van der Waals surface area contributed by atoms with Crippen LogP contribution in [-0.2, 0) is 0 Å². The Balaban J connectivity index is 1.79. The maximum atomic E-state index is 12.4. The van der Waals surface area contributed by atoms with Gasteiger partial charge >= 0.3 is 0 Å². The molecule has 1 saturated heterocycles. The second-order valence-electron chi connectivity index (χ2n) is 5.58. The van der Waals surface area contributed by atoms with Gasteiger partial charge in [0, 0.05) is 32.0 Å². The SMILES string of the molecule is NCCCCCN1CCCN(C(=O)c2cccnc2)CC1. The Labute approximate surface area is 127 Å². The summed E-state index contributed by atoms with van der Waals surface area (Å²) in [6, 6.07) is 3.65. The minimum absolute atomic E-state index is 0.105. The van der Waals surface area contributed by atoms with Gasteiger partial charge < -0.3 is 15.5 Å². The van der Waals surface area contributed by atoms with Crippen LogP contribution in [0.1, 0.15) is 36.0 Å². The summed E-state index contributed by atoms with van der Waals surface area (Å²) in [5.41, 5.74) is 6.21. The lowest BCUT2D eigenvalue weighted by atomic mass is 10.2. The number of nitrogens with zero attached hydrogens (tertiary/aromatic N) is 3. The molecular weight excluding hydrogens is 264 g/mol. The van der Waals surface area contributed by atoms with E-state index in [9.17, 15) is 4.79 Å². The van der Waals surface area contributed by atoms with Gasteiger partial charge in [0.15, 0.2) is 0 Å². The normalized spacial score (nSPS) is 16.7. The number of hydrogen-bond donors (Lipinski definition) is 1. The number of rotatable bonds is 6. The molecular formula is C16H26N4O. The zero-order valence-corrected chi connectivity index (χ0v) is 12.7. The number of pyridine rings is 1. The van der Waals surface area contributed by atoms with E-state index < -0.39 is 0 Å². The fourth-order valence-corrected chi connectivity index (χ4v) is 2.73. The van der Waals surface area contributed by atoms with Crippen molar-refractivity contribution in [2.75, 3.05) is 39.3 Å². The van der Waals surface area contributed by atoms with Gasteiger partial charge in [-0.25, -0.2) is 0 Å². The van der Waals surface area contributed by atoms with E-state index in [1.165, 1.54) is 12.8 Å². The molecule has 0 saturated carbocycles. The van der Waals surface area contributed by atoms with Gasteiger partial charge in [-0.05, 0) is 51.0 Å². The molecule has 0 spiro atoms. The zero-order chi connectivity index (χ0) is 14.9. The summed E-state index contributed by atoms with van der Waals surface area (Å²) in [4.78, 5) is 20.9. The molecule has 1 aliphatic rings. The number of carbonyl (C=O) groups excluding carboxylic acids is 1. The molecule has 5 heteroatoms. The van der Waals surface area contributed by atoms with Crippen molar-refractivity contribution in [2.45, 2.75) is 25.7 Å². The first kappa shape index (κ1) is 15.9. The highest BCUT2D eigenvalue weighted by atomic mass is 16.2. The summed E-state index contributed by atoms with van der Waals surface area (Å²) in [6.07, 6.45) is 7.90. The minimum Gasteiger partial charge on any atom is -0.337 e. The Kier molecular flexibility index (Phi) is 6.63. The van der Waals surface area contributed by atoms with Crippen LogP contribution in [0.3, 0.4) is 0 Å². The number of amides is 1. The first-order chi connectivity index (χ1) is 10.3. The molecule has 1 aliphatic heterocycles. The standard InChI is InChI=1S/C16H26N4O/c17-7-2-1-3-9-19-10-5-11-20(13-12-19)16(21)15-6-4-8-18-14-15/h4,6,8,14H,1-3,5,7,9-13,17H2. The quantitative estimate of drug-likeness (QED) is 0.804. The van der Waals surface area contributed by atoms with Crippen molar-refractivity contribution < 1.29 is 4.79 Å². The van der Waals surface area contributed by atoms with Gasteiger partial charge in [-0.1, -0.05) is 6.42 Å². The van der Waals surface area contributed by atoms with Crippen molar-refractivity contribution in [3.05, 3.63) is 30.1 Å². The van der Waals surface area contributed by atoms with Crippen LogP contribution in [0.4, 0.5) is 0 Å². The van der Waals surface area contributed by atoms with E-state index in [0.29, 0.717) is 5.56 Å². The van der Waals surface area contributed by atoms with Gasteiger partial charge in [0.25, 0.3) is 5.91 Å². The average Bonchev–Trinajstić information content (AvgIpc) is 2.77. The molecule has 0 aromatic carbocycles. The fourth-order valence-electron chi connectivity index (χ4n) is 2.73. The molecule has 0 aliphatic carbocycles. The summed E-state index contributed by atoms with van der Waals surface area (Å²) in [5.74, 6) is 0.105. The maximum Gasteiger partial charge on any atom is 0.255 e. The molecule has 1 amide bonds. The average molecular weight is 290 g/mol. The number of hydrogen-bond acceptors (Lipinski definition) is 4. The van der Waals surface area contributed by atoms with E-state index in [4.69, 9.17) is 5.73 Å². The molecule has 1 aromatic heterocycles. The lowest BCUT2D eigenvalue weighted by molar-refractivity contribution is 0.0761. The Hall–Kier alpha value is -1.46. The summed E-state index contributed by atoms with van der Waals surface area (Å²) in [7, 11) is 0. The summed E-state index contributed by atoms with van der Waals surface area (Å²) >= 11 is 0. The smallest absolute Gasteiger partial charge is 0.255 e. The Morgan fingerprint density at radius 1 is 1.19 bits per heavy atom. The Morgan fingerprint density at radius 3 is 2.86 bits per heavy atom. The third kappa shape index (κ3) is 5.10. The van der Waals surface area contributed by atoms with Crippen LogP contribution in [0, 0.1) is 0 Å². The minimum atomic E-state index is 0.105. The third-order valence-corrected chi connectivity index (χ3v) is 3.96. The molecule has 0 unspecified atom stereocenters. The van der Waals surface area contributed by atoms with Crippen LogP contribution in [0.25, 0.3) is 0 Å². The molecule has 21 heavy (non-hydrogen) atoms. The van der Waals surface area contributed by atoms with Crippen molar-refractivity contribution in [3.63, 3.8) is 0 Å². The molecule has 1 aromatic rings. The molecule has 0 atom stereocenters. The first-order valence-electron chi connectivity index (χ1n) is 7.93. The molecule has 116 valence electrons. The van der Waals surface area contributed by atoms with Gasteiger partial charge in [0.1, 0.15) is 0 Å². The number of nitrogens with two attached hydrogens (primary N) is 1.